The van der Waals surface area contributed by atoms with E-state index in [-0.39, 0.29) is 6.03 Å². The number of urea groups is 1. The van der Waals surface area contributed by atoms with E-state index in [9.17, 15) is 13.2 Å². The van der Waals surface area contributed by atoms with Crippen molar-refractivity contribution in [1.82, 2.24) is 4.90 Å². The van der Waals surface area contributed by atoms with Gasteiger partial charge in [0, 0.05) is 24.5 Å². The van der Waals surface area contributed by atoms with Gasteiger partial charge in [-0.3, -0.25) is 4.72 Å². The summed E-state index contributed by atoms with van der Waals surface area (Å²) in [6, 6.07) is 6.49. The first-order valence-electron chi connectivity index (χ1n) is 6.97. The van der Waals surface area contributed by atoms with Gasteiger partial charge in [0.2, 0.25) is 10.0 Å². The second-order valence-corrected chi connectivity index (χ2v) is 7.30. The summed E-state index contributed by atoms with van der Waals surface area (Å²) < 4.78 is 24.6. The number of sulfonamides is 1. The van der Waals surface area contributed by atoms with Crippen LogP contribution in [0.5, 0.6) is 0 Å². The average Bonchev–Trinajstić information content (AvgIpc) is 2.40. The zero-order valence-corrected chi connectivity index (χ0v) is 13.1. The maximum absolute atomic E-state index is 12.1. The molecule has 0 radical (unpaired) electrons. The van der Waals surface area contributed by atoms with Crippen molar-refractivity contribution in [3.8, 4) is 0 Å². The second-order valence-electron chi connectivity index (χ2n) is 5.55. The number of carbonyl (C=O) groups excluding carboxylic acids is 1. The summed E-state index contributed by atoms with van der Waals surface area (Å²) in [5, 5.41) is 2.83. The highest BCUT2D eigenvalue weighted by molar-refractivity contribution is 7.92. The Bertz CT molecular complexity index is 590. The highest BCUT2D eigenvalue weighted by atomic mass is 32.2. The molecule has 1 aromatic rings. The molecule has 1 aromatic carbocycles. The fourth-order valence-electron chi connectivity index (χ4n) is 2.25. The topological polar surface area (TPSA) is 78.5 Å². The Morgan fingerprint density at radius 3 is 2.19 bits per heavy atom. The van der Waals surface area contributed by atoms with E-state index in [0.29, 0.717) is 17.3 Å². The fraction of sp³-hybridized carbons (Fsp3) is 0.500. The van der Waals surface area contributed by atoms with Crippen LogP contribution in [-0.4, -0.2) is 38.7 Å². The molecule has 1 aliphatic heterocycles. The molecular weight excluding hydrogens is 290 g/mol. The number of piperidine rings is 1. The van der Waals surface area contributed by atoms with Crippen LogP contribution in [0, 0.1) is 5.92 Å². The Hall–Kier alpha value is -1.76. The summed E-state index contributed by atoms with van der Waals surface area (Å²) in [6.07, 6.45) is 3.16. The van der Waals surface area contributed by atoms with Gasteiger partial charge in [0.05, 0.1) is 6.26 Å². The maximum atomic E-state index is 12.1. The van der Waals surface area contributed by atoms with E-state index in [4.69, 9.17) is 0 Å². The number of anilines is 2. The number of carbonyl (C=O) groups is 1. The van der Waals surface area contributed by atoms with Gasteiger partial charge in [-0.1, -0.05) is 6.92 Å². The molecule has 6 nitrogen and oxygen atoms in total. The smallest absolute Gasteiger partial charge is 0.321 e. The van der Waals surface area contributed by atoms with Gasteiger partial charge in [-0.15, -0.1) is 0 Å². The lowest BCUT2D eigenvalue weighted by Crippen LogP contribution is -2.40. The molecule has 0 bridgehead atoms. The molecule has 0 aromatic heterocycles. The maximum Gasteiger partial charge on any atom is 0.321 e. The van der Waals surface area contributed by atoms with Crippen LogP contribution in [0.1, 0.15) is 19.8 Å². The third-order valence-electron chi connectivity index (χ3n) is 3.51. The minimum Gasteiger partial charge on any atom is -0.325 e. The molecule has 0 aliphatic carbocycles. The van der Waals surface area contributed by atoms with Crippen LogP contribution in [0.3, 0.4) is 0 Å². The minimum absolute atomic E-state index is 0.106. The molecule has 2 rings (SSSR count). The number of hydrogen-bond donors (Lipinski definition) is 2. The molecule has 1 heterocycles. The SMILES string of the molecule is CC1CCN(C(=O)Nc2ccc(NS(C)(=O)=O)cc2)CC1. The van der Waals surface area contributed by atoms with E-state index < -0.39 is 10.0 Å². The van der Waals surface area contributed by atoms with Gasteiger partial charge in [0.15, 0.2) is 0 Å². The number of nitrogens with zero attached hydrogens (tertiary/aromatic N) is 1. The van der Waals surface area contributed by atoms with Crippen LogP contribution < -0.4 is 10.0 Å². The van der Waals surface area contributed by atoms with Crippen molar-refractivity contribution >= 4 is 27.4 Å². The number of hydrogen-bond acceptors (Lipinski definition) is 3. The Kier molecular flexibility index (Phi) is 4.72. The van der Waals surface area contributed by atoms with Gasteiger partial charge in [-0.05, 0) is 43.0 Å². The van der Waals surface area contributed by atoms with Gasteiger partial charge in [-0.2, -0.15) is 0 Å². The van der Waals surface area contributed by atoms with Crippen molar-refractivity contribution in [3.05, 3.63) is 24.3 Å². The molecule has 1 aliphatic rings. The van der Waals surface area contributed by atoms with Gasteiger partial charge in [-0.25, -0.2) is 13.2 Å². The molecule has 116 valence electrons. The molecule has 0 atom stereocenters. The monoisotopic (exact) mass is 311 g/mol. The first-order valence-corrected chi connectivity index (χ1v) is 8.86. The Balaban J connectivity index is 1.92. The van der Waals surface area contributed by atoms with Crippen LogP contribution in [0.2, 0.25) is 0 Å². The number of likely N-dealkylation sites (tertiary alicyclic amines) is 1. The van der Waals surface area contributed by atoms with Gasteiger partial charge >= 0.3 is 6.03 Å². The van der Waals surface area contributed by atoms with Crippen molar-refractivity contribution < 1.29 is 13.2 Å². The molecule has 1 fully saturated rings. The largest absolute Gasteiger partial charge is 0.325 e. The molecule has 0 spiro atoms. The zero-order chi connectivity index (χ0) is 15.5. The number of benzene rings is 1. The fourth-order valence-corrected chi connectivity index (χ4v) is 2.81. The van der Waals surface area contributed by atoms with E-state index in [2.05, 4.69) is 17.0 Å². The van der Waals surface area contributed by atoms with Gasteiger partial charge in [0.1, 0.15) is 0 Å². The van der Waals surface area contributed by atoms with Crippen molar-refractivity contribution in [2.24, 2.45) is 5.92 Å². The lowest BCUT2D eigenvalue weighted by atomic mass is 10.00. The third-order valence-corrected chi connectivity index (χ3v) is 4.12. The Labute approximate surface area is 125 Å². The normalized spacial score (nSPS) is 16.6. The van der Waals surface area contributed by atoms with Crippen LogP contribution in [0.15, 0.2) is 24.3 Å². The first kappa shape index (κ1) is 15.6. The van der Waals surface area contributed by atoms with E-state index >= 15 is 0 Å². The summed E-state index contributed by atoms with van der Waals surface area (Å²) in [7, 11) is -3.28. The minimum atomic E-state index is -3.28. The van der Waals surface area contributed by atoms with Crippen molar-refractivity contribution in [1.29, 1.82) is 0 Å². The summed E-state index contributed by atoms with van der Waals surface area (Å²) in [5.74, 6) is 0.676. The van der Waals surface area contributed by atoms with Crippen LogP contribution in [-0.2, 0) is 10.0 Å². The van der Waals surface area contributed by atoms with Crippen LogP contribution in [0.4, 0.5) is 16.2 Å². The van der Waals surface area contributed by atoms with Gasteiger partial charge in [0.25, 0.3) is 0 Å². The molecule has 1 saturated heterocycles. The molecule has 0 saturated carbocycles. The quantitative estimate of drug-likeness (QED) is 0.899. The van der Waals surface area contributed by atoms with Crippen molar-refractivity contribution in [2.75, 3.05) is 29.4 Å². The highest BCUT2D eigenvalue weighted by Crippen LogP contribution is 2.18. The predicted molar refractivity (Wildman–Crippen MR) is 83.9 cm³/mol. The third kappa shape index (κ3) is 4.93. The van der Waals surface area contributed by atoms with Crippen LogP contribution in [0.25, 0.3) is 0 Å². The zero-order valence-electron chi connectivity index (χ0n) is 12.3. The summed E-state index contributed by atoms with van der Waals surface area (Å²) in [4.78, 5) is 13.9. The van der Waals surface area contributed by atoms with E-state index in [0.717, 1.165) is 32.2 Å². The molecular formula is C14H21N3O3S. The van der Waals surface area contributed by atoms with E-state index in [1.54, 1.807) is 24.3 Å². The summed E-state index contributed by atoms with van der Waals surface area (Å²) in [6.45, 7) is 3.75. The molecule has 21 heavy (non-hydrogen) atoms. The van der Waals surface area contributed by atoms with Gasteiger partial charge < -0.3 is 10.2 Å². The standard InChI is InChI=1S/C14H21N3O3S/c1-11-7-9-17(10-8-11)14(18)15-12-3-5-13(6-4-12)16-21(2,19)20/h3-6,11,16H,7-10H2,1-2H3,(H,15,18). The lowest BCUT2D eigenvalue weighted by molar-refractivity contribution is 0.186. The highest BCUT2D eigenvalue weighted by Gasteiger charge is 2.20. The van der Waals surface area contributed by atoms with E-state index in [1.807, 2.05) is 4.90 Å². The first-order chi connectivity index (χ1) is 9.83. The number of nitrogens with one attached hydrogen (secondary N) is 2. The molecule has 2 amide bonds. The van der Waals surface area contributed by atoms with Crippen LogP contribution >= 0.6 is 0 Å². The molecule has 2 N–H and O–H groups in total. The van der Waals surface area contributed by atoms with Crippen molar-refractivity contribution in [3.63, 3.8) is 0 Å². The summed E-state index contributed by atoms with van der Waals surface area (Å²) >= 11 is 0. The number of rotatable bonds is 3. The Morgan fingerprint density at radius 2 is 1.67 bits per heavy atom. The molecule has 7 heteroatoms. The second kappa shape index (κ2) is 6.34. The average molecular weight is 311 g/mol. The lowest BCUT2D eigenvalue weighted by Gasteiger charge is -2.30. The van der Waals surface area contributed by atoms with Crippen molar-refractivity contribution in [2.45, 2.75) is 19.8 Å². The Morgan fingerprint density at radius 1 is 1.14 bits per heavy atom. The van der Waals surface area contributed by atoms with E-state index in [1.165, 1.54) is 0 Å². The predicted octanol–water partition coefficient (Wildman–Crippen LogP) is 2.32. The number of amides is 2. The summed E-state index contributed by atoms with van der Waals surface area (Å²) in [5.41, 5.74) is 1.12. The molecule has 0 unspecified atom stereocenters.